The molecule has 0 heterocycles. The summed E-state index contributed by atoms with van der Waals surface area (Å²) in [7, 11) is -4.14. The van der Waals surface area contributed by atoms with Crippen LogP contribution in [-0.4, -0.2) is 24.2 Å². The molecule has 0 saturated heterocycles. The summed E-state index contributed by atoms with van der Waals surface area (Å²) in [6.07, 6.45) is 1.95. The normalized spacial score (nSPS) is 14.1. The molecular weight excluding hydrogens is 300 g/mol. The topological polar surface area (TPSA) is 0 Å². The predicted molar refractivity (Wildman–Crippen MR) is 108 cm³/mol. The van der Waals surface area contributed by atoms with Crippen LogP contribution in [0.5, 0.6) is 0 Å². The van der Waals surface area contributed by atoms with Gasteiger partial charge >= 0.3 is 0 Å². The average Bonchev–Trinajstić information content (AvgIpc) is 2.24. The molecule has 0 amide bonds. The highest BCUT2D eigenvalue weighted by Gasteiger charge is 2.60. The molecule has 0 radical (unpaired) electrons. The summed E-state index contributed by atoms with van der Waals surface area (Å²) in [6, 6.07) is 9.34. The lowest BCUT2D eigenvalue weighted by atomic mass is 10.1. The fourth-order valence-corrected chi connectivity index (χ4v) is 35.6. The van der Waals surface area contributed by atoms with Crippen LogP contribution in [0.2, 0.25) is 58.9 Å². The highest BCUT2D eigenvalue weighted by Crippen LogP contribution is 2.49. The molecule has 0 atom stereocenters. The SMILES string of the molecule is C=Cc1ccc(C([Si](C)(C)C)([Si](C)(C)C)[Si](C)(C)C)cc1. The summed E-state index contributed by atoms with van der Waals surface area (Å²) in [4.78, 5) is 0. The summed E-state index contributed by atoms with van der Waals surface area (Å²) in [5.74, 6) is 0. The number of rotatable bonds is 5. The van der Waals surface area contributed by atoms with Gasteiger partial charge in [0.2, 0.25) is 0 Å². The van der Waals surface area contributed by atoms with Crippen molar-refractivity contribution < 1.29 is 0 Å². The molecule has 0 aliphatic carbocycles. The van der Waals surface area contributed by atoms with Gasteiger partial charge in [-0.15, -0.1) is 0 Å². The van der Waals surface area contributed by atoms with Crippen LogP contribution >= 0.6 is 0 Å². The molecule has 1 aromatic rings. The van der Waals surface area contributed by atoms with E-state index in [1.54, 1.807) is 5.56 Å². The van der Waals surface area contributed by atoms with Crippen molar-refractivity contribution >= 4 is 30.3 Å². The van der Waals surface area contributed by atoms with Gasteiger partial charge in [-0.3, -0.25) is 0 Å². The number of hydrogen-bond donors (Lipinski definition) is 0. The molecule has 0 bridgehead atoms. The largest absolute Gasteiger partial charge is 0.0985 e. The Kier molecular flexibility index (Phi) is 5.04. The standard InChI is InChI=1S/C18H34Si3/c1-11-16-12-14-17(15-13-16)18(19(2,3)4,20(5,6)7)21(8,9)10/h11-15H,1H2,2-10H3. The van der Waals surface area contributed by atoms with Crippen LogP contribution in [0.3, 0.4) is 0 Å². The van der Waals surface area contributed by atoms with Crippen molar-refractivity contribution in [1.29, 1.82) is 0 Å². The summed E-state index contributed by atoms with van der Waals surface area (Å²) in [5.41, 5.74) is 2.85. The Morgan fingerprint density at radius 1 is 0.714 bits per heavy atom. The Bertz CT molecular complexity index is 457. The van der Waals surface area contributed by atoms with Crippen molar-refractivity contribution in [2.75, 3.05) is 0 Å². The molecule has 0 spiro atoms. The van der Waals surface area contributed by atoms with Crippen LogP contribution < -0.4 is 0 Å². The lowest BCUT2D eigenvalue weighted by molar-refractivity contribution is 1.01. The van der Waals surface area contributed by atoms with Crippen LogP contribution in [0.15, 0.2) is 30.8 Å². The summed E-state index contributed by atoms with van der Waals surface area (Å²) in [5, 5.41) is 0. The van der Waals surface area contributed by atoms with E-state index in [4.69, 9.17) is 0 Å². The van der Waals surface area contributed by atoms with Gasteiger partial charge in [-0.05, 0) is 15.4 Å². The minimum absolute atomic E-state index is 0.479. The molecule has 0 saturated carbocycles. The Hall–Kier alpha value is -0.389. The first-order chi connectivity index (χ1) is 9.29. The van der Waals surface area contributed by atoms with Crippen molar-refractivity contribution in [2.45, 2.75) is 63.2 Å². The van der Waals surface area contributed by atoms with Gasteiger partial charge in [0.25, 0.3) is 0 Å². The van der Waals surface area contributed by atoms with Gasteiger partial charge in [0.1, 0.15) is 0 Å². The zero-order chi connectivity index (χ0) is 16.7. The quantitative estimate of drug-likeness (QED) is 0.562. The minimum Gasteiger partial charge on any atom is -0.0985 e. The Balaban J connectivity index is 3.76. The highest BCUT2D eigenvalue weighted by atomic mass is 28.5. The van der Waals surface area contributed by atoms with Crippen LogP contribution in [0.4, 0.5) is 0 Å². The molecular formula is C18H34Si3. The monoisotopic (exact) mass is 334 g/mol. The van der Waals surface area contributed by atoms with Gasteiger partial charge < -0.3 is 0 Å². The molecule has 0 nitrogen and oxygen atoms in total. The van der Waals surface area contributed by atoms with Crippen LogP contribution in [0, 0.1) is 0 Å². The van der Waals surface area contributed by atoms with Crippen molar-refractivity contribution in [3.05, 3.63) is 42.0 Å². The number of hydrogen-bond acceptors (Lipinski definition) is 0. The van der Waals surface area contributed by atoms with Crippen LogP contribution in [-0.2, 0) is 4.28 Å². The minimum atomic E-state index is -1.38. The molecule has 0 N–H and O–H groups in total. The van der Waals surface area contributed by atoms with Crippen molar-refractivity contribution in [3.63, 3.8) is 0 Å². The Morgan fingerprint density at radius 3 is 1.29 bits per heavy atom. The Morgan fingerprint density at radius 2 is 1.05 bits per heavy atom. The lowest BCUT2D eigenvalue weighted by Gasteiger charge is -2.59. The Labute approximate surface area is 135 Å². The van der Waals surface area contributed by atoms with Gasteiger partial charge in [-0.1, -0.05) is 95.8 Å². The maximum atomic E-state index is 3.90. The van der Waals surface area contributed by atoms with E-state index in [-0.39, 0.29) is 0 Å². The van der Waals surface area contributed by atoms with Crippen molar-refractivity contribution in [1.82, 2.24) is 0 Å². The van der Waals surface area contributed by atoms with Gasteiger partial charge in [-0.2, -0.15) is 0 Å². The smallest absolute Gasteiger partial charge is 0.0499 e. The van der Waals surface area contributed by atoms with Crippen LogP contribution in [0.1, 0.15) is 11.1 Å². The lowest BCUT2D eigenvalue weighted by Crippen LogP contribution is -2.74. The maximum absolute atomic E-state index is 3.90. The molecule has 1 aromatic carbocycles. The number of benzene rings is 1. The first-order valence-electron chi connectivity index (χ1n) is 8.02. The predicted octanol–water partition coefficient (Wildman–Crippen LogP) is 6.20. The van der Waals surface area contributed by atoms with Crippen molar-refractivity contribution in [2.24, 2.45) is 0 Å². The fourth-order valence-electron chi connectivity index (χ4n) is 5.54. The first kappa shape index (κ1) is 18.7. The molecule has 0 aliphatic rings. The summed E-state index contributed by atoms with van der Waals surface area (Å²) >= 11 is 0. The fraction of sp³-hybridized carbons (Fsp3) is 0.556. The molecule has 0 unspecified atom stereocenters. The van der Waals surface area contributed by atoms with E-state index < -0.39 is 24.2 Å². The van der Waals surface area contributed by atoms with E-state index in [0.717, 1.165) is 0 Å². The van der Waals surface area contributed by atoms with E-state index >= 15 is 0 Å². The van der Waals surface area contributed by atoms with E-state index in [0.29, 0.717) is 4.28 Å². The molecule has 0 aliphatic heterocycles. The van der Waals surface area contributed by atoms with Gasteiger partial charge in [0, 0.05) is 24.2 Å². The second-order valence-corrected chi connectivity index (χ2v) is 26.6. The molecule has 0 fully saturated rings. The highest BCUT2D eigenvalue weighted by molar-refractivity contribution is 7.14. The zero-order valence-electron chi connectivity index (χ0n) is 15.6. The van der Waals surface area contributed by atoms with E-state index in [1.807, 2.05) is 6.08 Å². The van der Waals surface area contributed by atoms with Gasteiger partial charge in [0.15, 0.2) is 0 Å². The first-order valence-corrected chi connectivity index (χ1v) is 18.5. The molecule has 118 valence electrons. The summed E-state index contributed by atoms with van der Waals surface area (Å²) in [6.45, 7) is 27.2. The molecule has 1 rings (SSSR count). The second-order valence-electron chi connectivity index (χ2n) is 9.33. The summed E-state index contributed by atoms with van der Waals surface area (Å²) < 4.78 is 0.479. The molecule has 3 heteroatoms. The molecule has 21 heavy (non-hydrogen) atoms. The average molecular weight is 335 g/mol. The van der Waals surface area contributed by atoms with Gasteiger partial charge in [-0.25, -0.2) is 0 Å². The zero-order valence-corrected chi connectivity index (χ0v) is 18.6. The molecule has 0 aromatic heterocycles. The third-order valence-electron chi connectivity index (χ3n) is 4.95. The third-order valence-corrected chi connectivity index (χ3v) is 26.1. The van der Waals surface area contributed by atoms with Gasteiger partial charge in [0.05, 0.1) is 0 Å². The van der Waals surface area contributed by atoms with Crippen LogP contribution in [0.25, 0.3) is 6.08 Å². The van der Waals surface area contributed by atoms with E-state index in [2.05, 4.69) is 89.8 Å². The third kappa shape index (κ3) is 3.06. The maximum Gasteiger partial charge on any atom is 0.0499 e. The van der Waals surface area contributed by atoms with E-state index in [9.17, 15) is 0 Å². The van der Waals surface area contributed by atoms with E-state index in [1.165, 1.54) is 5.56 Å². The second kappa shape index (κ2) is 5.67. The van der Waals surface area contributed by atoms with Crippen molar-refractivity contribution in [3.8, 4) is 0 Å².